The highest BCUT2D eigenvalue weighted by molar-refractivity contribution is 6.31. The molecule has 0 amide bonds. The lowest BCUT2D eigenvalue weighted by molar-refractivity contribution is -0.383. The Balaban J connectivity index is 1.69. The number of anilines is 4. The Labute approximate surface area is 175 Å². The number of aromatic nitrogens is 2. The Morgan fingerprint density at radius 2 is 1.80 bits per heavy atom. The van der Waals surface area contributed by atoms with Crippen LogP contribution in [0.25, 0.3) is 0 Å². The monoisotopic (exact) mass is 429 g/mol. The molecule has 0 radical (unpaired) electrons. The number of hydrogen-bond donors (Lipinski definition) is 2. The number of benzene rings is 2. The fourth-order valence-electron chi connectivity index (χ4n) is 2.90. The fourth-order valence-corrected chi connectivity index (χ4v) is 3.07. The lowest BCUT2D eigenvalue weighted by atomic mass is 10.2. The summed E-state index contributed by atoms with van der Waals surface area (Å²) in [6.45, 7) is 0.902. The van der Waals surface area contributed by atoms with Crippen molar-refractivity contribution in [1.29, 1.82) is 0 Å². The van der Waals surface area contributed by atoms with Crippen molar-refractivity contribution in [2.75, 3.05) is 31.0 Å². The predicted octanol–water partition coefficient (Wildman–Crippen LogP) is 4.31. The molecular weight excluding hydrogens is 414 g/mol. The number of rotatable bonds is 6. The van der Waals surface area contributed by atoms with Gasteiger partial charge in [0.25, 0.3) is 0 Å². The van der Waals surface area contributed by atoms with E-state index in [0.29, 0.717) is 46.9 Å². The molecule has 0 saturated carbocycles. The summed E-state index contributed by atoms with van der Waals surface area (Å²) >= 11 is 6.04. The molecular formula is C19H16ClN5O5. The zero-order valence-corrected chi connectivity index (χ0v) is 16.5. The highest BCUT2D eigenvalue weighted by Gasteiger charge is 2.24. The molecule has 1 aliphatic rings. The van der Waals surface area contributed by atoms with E-state index in [4.69, 9.17) is 25.8 Å². The minimum atomic E-state index is -0.570. The minimum absolute atomic E-state index is 0.00942. The first-order chi connectivity index (χ1) is 14.5. The van der Waals surface area contributed by atoms with Crippen LogP contribution in [0.15, 0.2) is 42.7 Å². The topological polar surface area (TPSA) is 121 Å². The van der Waals surface area contributed by atoms with Gasteiger partial charge in [-0.2, -0.15) is 0 Å². The van der Waals surface area contributed by atoms with Crippen LogP contribution in [0.4, 0.5) is 28.7 Å². The van der Waals surface area contributed by atoms with Gasteiger partial charge in [-0.05, 0) is 30.3 Å². The molecule has 0 spiro atoms. The van der Waals surface area contributed by atoms with E-state index < -0.39 is 4.92 Å². The lowest BCUT2D eigenvalue weighted by Gasteiger charge is -2.19. The first-order valence-electron chi connectivity index (χ1n) is 8.82. The van der Waals surface area contributed by atoms with Gasteiger partial charge in [-0.3, -0.25) is 10.1 Å². The van der Waals surface area contributed by atoms with E-state index in [1.54, 1.807) is 36.4 Å². The Kier molecular flexibility index (Phi) is 5.40. The summed E-state index contributed by atoms with van der Waals surface area (Å²) in [7, 11) is 1.48. The second-order valence-electron chi connectivity index (χ2n) is 6.13. The van der Waals surface area contributed by atoms with Crippen LogP contribution in [0, 0.1) is 10.1 Å². The molecule has 3 aromatic rings. The van der Waals surface area contributed by atoms with Crippen LogP contribution in [-0.4, -0.2) is 35.2 Å². The first-order valence-corrected chi connectivity index (χ1v) is 9.19. The van der Waals surface area contributed by atoms with Crippen molar-refractivity contribution >= 4 is 40.3 Å². The number of methoxy groups -OCH3 is 1. The van der Waals surface area contributed by atoms with Crippen LogP contribution in [0.3, 0.4) is 0 Å². The highest BCUT2D eigenvalue weighted by Crippen LogP contribution is 2.38. The summed E-state index contributed by atoms with van der Waals surface area (Å²) < 4.78 is 16.3. The molecule has 0 unspecified atom stereocenters. The van der Waals surface area contributed by atoms with Gasteiger partial charge in [-0.15, -0.1) is 0 Å². The summed E-state index contributed by atoms with van der Waals surface area (Å²) in [5, 5.41) is 18.1. The molecule has 0 fully saturated rings. The van der Waals surface area contributed by atoms with E-state index in [2.05, 4.69) is 20.6 Å². The average molecular weight is 430 g/mol. The molecule has 154 valence electrons. The van der Waals surface area contributed by atoms with Crippen LogP contribution < -0.4 is 24.8 Å². The van der Waals surface area contributed by atoms with E-state index in [1.807, 2.05) is 0 Å². The largest absolute Gasteiger partial charge is 0.495 e. The molecule has 1 aliphatic heterocycles. The van der Waals surface area contributed by atoms with Gasteiger partial charge in [0, 0.05) is 16.8 Å². The Morgan fingerprint density at radius 1 is 1.07 bits per heavy atom. The van der Waals surface area contributed by atoms with Crippen molar-refractivity contribution < 1.29 is 19.1 Å². The maximum atomic E-state index is 11.8. The fraction of sp³-hybridized carbons (Fsp3) is 0.158. The van der Waals surface area contributed by atoms with Crippen molar-refractivity contribution in [2.45, 2.75) is 0 Å². The number of ether oxygens (including phenoxy) is 3. The molecule has 0 atom stereocenters. The normalized spacial score (nSPS) is 12.2. The van der Waals surface area contributed by atoms with Crippen molar-refractivity contribution in [3.05, 3.63) is 57.9 Å². The van der Waals surface area contributed by atoms with Crippen LogP contribution in [0.2, 0.25) is 5.02 Å². The van der Waals surface area contributed by atoms with Gasteiger partial charge < -0.3 is 24.8 Å². The molecule has 0 bridgehead atoms. The third-order valence-corrected chi connectivity index (χ3v) is 4.46. The van der Waals surface area contributed by atoms with E-state index in [0.717, 1.165) is 0 Å². The highest BCUT2D eigenvalue weighted by atomic mass is 35.5. The summed E-state index contributed by atoms with van der Waals surface area (Å²) in [5.41, 5.74) is 0.638. The average Bonchev–Trinajstić information content (AvgIpc) is 2.74. The van der Waals surface area contributed by atoms with Crippen LogP contribution in [0.1, 0.15) is 0 Å². The van der Waals surface area contributed by atoms with Crippen LogP contribution in [0.5, 0.6) is 17.2 Å². The summed E-state index contributed by atoms with van der Waals surface area (Å²) in [5.74, 6) is 1.60. The smallest absolute Gasteiger partial charge is 0.353 e. The number of nitrogens with zero attached hydrogens (tertiary/aromatic N) is 3. The van der Waals surface area contributed by atoms with Gasteiger partial charge in [-0.25, -0.2) is 9.97 Å². The van der Waals surface area contributed by atoms with E-state index >= 15 is 0 Å². The Bertz CT molecular complexity index is 1110. The molecule has 1 aromatic heterocycles. The molecule has 11 heteroatoms. The first kappa shape index (κ1) is 19.5. The molecule has 0 saturated heterocycles. The van der Waals surface area contributed by atoms with Crippen molar-refractivity contribution in [3.8, 4) is 17.2 Å². The Morgan fingerprint density at radius 3 is 2.53 bits per heavy atom. The van der Waals surface area contributed by atoms with E-state index in [9.17, 15) is 10.1 Å². The standard InChI is InChI=1S/C19H16ClN5O5/c1-28-14-4-2-11(20)8-13(14)24-19-17(25(26)27)18(21-10-22-19)23-12-3-5-15-16(9-12)30-7-6-29-15/h2-5,8-10H,6-7H2,1H3,(H2,21,22,23,24). The second-order valence-corrected chi connectivity index (χ2v) is 6.57. The SMILES string of the molecule is COc1ccc(Cl)cc1Nc1ncnc(Nc2ccc3c(c2)OCCO3)c1[N+](=O)[O-]. The number of nitro groups is 1. The zero-order valence-electron chi connectivity index (χ0n) is 15.7. The van der Waals surface area contributed by atoms with Gasteiger partial charge in [0.1, 0.15) is 25.3 Å². The maximum absolute atomic E-state index is 11.8. The Hall–Kier alpha value is -3.79. The second kappa shape index (κ2) is 8.29. The summed E-state index contributed by atoms with van der Waals surface area (Å²) in [6.07, 6.45) is 1.21. The maximum Gasteiger partial charge on any atom is 0.353 e. The van der Waals surface area contributed by atoms with Gasteiger partial charge in [-0.1, -0.05) is 11.6 Å². The third-order valence-electron chi connectivity index (χ3n) is 4.22. The molecule has 2 aromatic carbocycles. The van der Waals surface area contributed by atoms with E-state index in [1.165, 1.54) is 13.4 Å². The molecule has 2 heterocycles. The number of hydrogen-bond acceptors (Lipinski definition) is 9. The summed E-state index contributed by atoms with van der Waals surface area (Å²) in [4.78, 5) is 19.3. The van der Waals surface area contributed by atoms with Gasteiger partial charge >= 0.3 is 5.69 Å². The van der Waals surface area contributed by atoms with Crippen molar-refractivity contribution in [1.82, 2.24) is 9.97 Å². The predicted molar refractivity (Wildman–Crippen MR) is 111 cm³/mol. The molecule has 0 aliphatic carbocycles. The van der Waals surface area contributed by atoms with Crippen LogP contribution >= 0.6 is 11.6 Å². The number of nitrogens with one attached hydrogen (secondary N) is 2. The minimum Gasteiger partial charge on any atom is -0.495 e. The molecule has 4 rings (SSSR count). The zero-order chi connectivity index (χ0) is 21.1. The number of halogens is 1. The molecule has 30 heavy (non-hydrogen) atoms. The van der Waals surface area contributed by atoms with Gasteiger partial charge in [0.05, 0.1) is 17.7 Å². The molecule has 10 nitrogen and oxygen atoms in total. The number of fused-ring (bicyclic) bond motifs is 1. The lowest BCUT2D eigenvalue weighted by Crippen LogP contribution is -2.15. The molecule has 2 N–H and O–H groups in total. The van der Waals surface area contributed by atoms with Crippen molar-refractivity contribution in [3.63, 3.8) is 0 Å². The quantitative estimate of drug-likeness (QED) is 0.436. The van der Waals surface area contributed by atoms with Gasteiger partial charge in [0.15, 0.2) is 11.5 Å². The van der Waals surface area contributed by atoms with E-state index in [-0.39, 0.29) is 17.3 Å². The third kappa shape index (κ3) is 3.98. The van der Waals surface area contributed by atoms with Crippen LogP contribution in [-0.2, 0) is 0 Å². The van der Waals surface area contributed by atoms with Crippen molar-refractivity contribution in [2.24, 2.45) is 0 Å². The van der Waals surface area contributed by atoms with Gasteiger partial charge in [0.2, 0.25) is 11.6 Å². The summed E-state index contributed by atoms with van der Waals surface area (Å²) in [6, 6.07) is 10.0.